The summed E-state index contributed by atoms with van der Waals surface area (Å²) in [6, 6.07) is 13.8. The highest BCUT2D eigenvalue weighted by molar-refractivity contribution is 6.03. The molecule has 0 aliphatic heterocycles. The summed E-state index contributed by atoms with van der Waals surface area (Å²) < 4.78 is 1.50. The number of aromatic nitrogens is 3. The Balaban J connectivity index is 1.87. The van der Waals surface area contributed by atoms with Gasteiger partial charge < -0.3 is 5.32 Å². The largest absolute Gasteiger partial charge is 0.321 e. The number of rotatable bonds is 2. The van der Waals surface area contributed by atoms with E-state index in [9.17, 15) is 4.79 Å². The SMILES string of the molecule is Cn1cc(C(=O)Nc2ccc3ccccc3c2)nn1. The number of nitrogens with zero attached hydrogens (tertiary/aromatic N) is 3. The number of carbonyl (C=O) groups is 1. The van der Waals surface area contributed by atoms with Gasteiger partial charge in [0.1, 0.15) is 0 Å². The van der Waals surface area contributed by atoms with Crippen LogP contribution in [-0.4, -0.2) is 20.9 Å². The Hall–Kier alpha value is -2.69. The van der Waals surface area contributed by atoms with Gasteiger partial charge >= 0.3 is 0 Å². The lowest BCUT2D eigenvalue weighted by Crippen LogP contribution is -2.12. The second-order valence-electron chi connectivity index (χ2n) is 4.29. The van der Waals surface area contributed by atoms with Crippen LogP contribution in [0.4, 0.5) is 5.69 Å². The van der Waals surface area contributed by atoms with Crippen molar-refractivity contribution in [1.82, 2.24) is 15.0 Å². The predicted molar refractivity (Wildman–Crippen MR) is 72.9 cm³/mol. The standard InChI is InChI=1S/C14H12N4O/c1-18-9-13(16-17-18)14(19)15-12-7-6-10-4-2-3-5-11(10)8-12/h2-9H,1H3,(H,15,19). The number of aryl methyl sites for hydroxylation is 1. The molecule has 0 fully saturated rings. The summed E-state index contributed by atoms with van der Waals surface area (Å²) in [5.41, 5.74) is 1.05. The van der Waals surface area contributed by atoms with Crippen molar-refractivity contribution >= 4 is 22.4 Å². The molecule has 0 aliphatic rings. The third-order valence-corrected chi connectivity index (χ3v) is 2.84. The molecule has 19 heavy (non-hydrogen) atoms. The average Bonchev–Trinajstić information content (AvgIpc) is 2.85. The maximum Gasteiger partial charge on any atom is 0.277 e. The molecule has 5 heteroatoms. The van der Waals surface area contributed by atoms with E-state index in [2.05, 4.69) is 15.6 Å². The number of hydrogen-bond donors (Lipinski definition) is 1. The first-order valence-electron chi connectivity index (χ1n) is 5.89. The van der Waals surface area contributed by atoms with Gasteiger partial charge in [-0.05, 0) is 22.9 Å². The summed E-state index contributed by atoms with van der Waals surface area (Å²) in [5, 5.41) is 12.5. The van der Waals surface area contributed by atoms with Crippen molar-refractivity contribution in [3.05, 3.63) is 54.4 Å². The van der Waals surface area contributed by atoms with Gasteiger partial charge in [0.2, 0.25) is 0 Å². The number of hydrogen-bond acceptors (Lipinski definition) is 3. The lowest BCUT2D eigenvalue weighted by Gasteiger charge is -2.04. The van der Waals surface area contributed by atoms with Crippen molar-refractivity contribution in [2.24, 2.45) is 7.05 Å². The van der Waals surface area contributed by atoms with Crippen LogP contribution >= 0.6 is 0 Å². The summed E-state index contributed by atoms with van der Waals surface area (Å²) >= 11 is 0. The third kappa shape index (κ3) is 2.30. The van der Waals surface area contributed by atoms with Crippen LogP contribution in [0.1, 0.15) is 10.5 Å². The second kappa shape index (κ2) is 4.53. The van der Waals surface area contributed by atoms with Gasteiger partial charge in [0.05, 0.1) is 6.20 Å². The van der Waals surface area contributed by atoms with E-state index >= 15 is 0 Å². The van der Waals surface area contributed by atoms with Gasteiger partial charge in [-0.15, -0.1) is 5.10 Å². The molecule has 2 aromatic carbocycles. The van der Waals surface area contributed by atoms with Gasteiger partial charge in [0.15, 0.2) is 5.69 Å². The maximum absolute atomic E-state index is 11.9. The molecule has 1 heterocycles. The lowest BCUT2D eigenvalue weighted by molar-refractivity contribution is 0.102. The molecular weight excluding hydrogens is 240 g/mol. The fourth-order valence-corrected chi connectivity index (χ4v) is 1.91. The Labute approximate surface area is 109 Å². The number of anilines is 1. The van der Waals surface area contributed by atoms with Crippen LogP contribution in [0.15, 0.2) is 48.7 Å². The van der Waals surface area contributed by atoms with Crippen LogP contribution in [0.2, 0.25) is 0 Å². The van der Waals surface area contributed by atoms with E-state index in [4.69, 9.17) is 0 Å². The zero-order valence-electron chi connectivity index (χ0n) is 10.4. The Morgan fingerprint density at radius 2 is 1.95 bits per heavy atom. The number of fused-ring (bicyclic) bond motifs is 1. The van der Waals surface area contributed by atoms with E-state index in [1.54, 1.807) is 13.2 Å². The minimum Gasteiger partial charge on any atom is -0.321 e. The number of nitrogens with one attached hydrogen (secondary N) is 1. The Morgan fingerprint density at radius 1 is 1.16 bits per heavy atom. The minimum absolute atomic E-state index is 0.261. The monoisotopic (exact) mass is 252 g/mol. The summed E-state index contributed by atoms with van der Waals surface area (Å²) in [6.07, 6.45) is 1.58. The predicted octanol–water partition coefficient (Wildman–Crippen LogP) is 2.22. The highest BCUT2D eigenvalue weighted by Crippen LogP contribution is 2.19. The van der Waals surface area contributed by atoms with Crippen molar-refractivity contribution < 1.29 is 4.79 Å². The van der Waals surface area contributed by atoms with Gasteiger partial charge in [0, 0.05) is 12.7 Å². The van der Waals surface area contributed by atoms with Crippen molar-refractivity contribution in [3.63, 3.8) is 0 Å². The third-order valence-electron chi connectivity index (χ3n) is 2.84. The quantitative estimate of drug-likeness (QED) is 0.760. The van der Waals surface area contributed by atoms with Crippen LogP contribution in [-0.2, 0) is 7.05 Å². The maximum atomic E-state index is 11.9. The molecule has 94 valence electrons. The zero-order chi connectivity index (χ0) is 13.2. The molecule has 0 radical (unpaired) electrons. The van der Waals surface area contributed by atoms with Crippen molar-refractivity contribution in [3.8, 4) is 0 Å². The van der Waals surface area contributed by atoms with Gasteiger partial charge in [-0.25, -0.2) is 0 Å². The molecule has 5 nitrogen and oxygen atoms in total. The molecule has 0 saturated carbocycles. The van der Waals surface area contributed by atoms with Crippen LogP contribution in [0.5, 0.6) is 0 Å². The van der Waals surface area contributed by atoms with Crippen LogP contribution in [0, 0.1) is 0 Å². The number of carbonyl (C=O) groups excluding carboxylic acids is 1. The first kappa shape index (κ1) is 11.4. The first-order chi connectivity index (χ1) is 9.22. The Bertz CT molecular complexity index is 748. The molecule has 3 aromatic rings. The van der Waals surface area contributed by atoms with E-state index < -0.39 is 0 Å². The molecule has 0 bridgehead atoms. The van der Waals surface area contributed by atoms with Crippen molar-refractivity contribution in [2.75, 3.05) is 5.32 Å². The molecule has 1 aromatic heterocycles. The van der Waals surface area contributed by atoms with E-state index in [1.165, 1.54) is 4.68 Å². The Kier molecular flexibility index (Phi) is 2.72. The van der Waals surface area contributed by atoms with Gasteiger partial charge in [-0.3, -0.25) is 9.48 Å². The summed E-state index contributed by atoms with van der Waals surface area (Å²) in [5.74, 6) is -0.261. The summed E-state index contributed by atoms with van der Waals surface area (Å²) in [6.45, 7) is 0. The summed E-state index contributed by atoms with van der Waals surface area (Å²) in [7, 11) is 1.72. The molecule has 1 N–H and O–H groups in total. The number of amides is 1. The smallest absolute Gasteiger partial charge is 0.277 e. The minimum atomic E-state index is -0.261. The zero-order valence-corrected chi connectivity index (χ0v) is 10.4. The molecular formula is C14H12N4O. The van der Waals surface area contributed by atoms with E-state index in [0.717, 1.165) is 16.5 Å². The van der Waals surface area contributed by atoms with Crippen molar-refractivity contribution in [2.45, 2.75) is 0 Å². The molecule has 0 atom stereocenters. The Morgan fingerprint density at radius 3 is 2.68 bits per heavy atom. The van der Waals surface area contributed by atoms with Crippen molar-refractivity contribution in [1.29, 1.82) is 0 Å². The molecule has 0 aliphatic carbocycles. The fourth-order valence-electron chi connectivity index (χ4n) is 1.91. The summed E-state index contributed by atoms with van der Waals surface area (Å²) in [4.78, 5) is 11.9. The molecule has 0 spiro atoms. The van der Waals surface area contributed by atoms with Gasteiger partial charge in [-0.1, -0.05) is 35.5 Å². The second-order valence-corrected chi connectivity index (χ2v) is 4.29. The van der Waals surface area contributed by atoms with Crippen LogP contribution in [0.3, 0.4) is 0 Å². The topological polar surface area (TPSA) is 59.8 Å². The van der Waals surface area contributed by atoms with E-state index in [1.807, 2.05) is 42.5 Å². The molecule has 0 unspecified atom stereocenters. The highest BCUT2D eigenvalue weighted by atomic mass is 16.2. The highest BCUT2D eigenvalue weighted by Gasteiger charge is 2.10. The molecule has 1 amide bonds. The average molecular weight is 252 g/mol. The van der Waals surface area contributed by atoms with Gasteiger partial charge in [-0.2, -0.15) is 0 Å². The van der Waals surface area contributed by atoms with Crippen LogP contribution in [0.25, 0.3) is 10.8 Å². The van der Waals surface area contributed by atoms with E-state index in [-0.39, 0.29) is 5.91 Å². The van der Waals surface area contributed by atoms with E-state index in [0.29, 0.717) is 5.69 Å². The number of benzene rings is 2. The normalized spacial score (nSPS) is 10.6. The molecule has 0 saturated heterocycles. The first-order valence-corrected chi connectivity index (χ1v) is 5.89. The molecule has 3 rings (SSSR count). The van der Waals surface area contributed by atoms with Gasteiger partial charge in [0.25, 0.3) is 5.91 Å². The lowest BCUT2D eigenvalue weighted by atomic mass is 10.1. The van der Waals surface area contributed by atoms with Crippen LogP contribution < -0.4 is 5.32 Å². The fraction of sp³-hybridized carbons (Fsp3) is 0.0714.